The average Bonchev–Trinajstić information content (AvgIpc) is 2.49. The summed E-state index contributed by atoms with van der Waals surface area (Å²) in [5.74, 6) is 0. The van der Waals surface area contributed by atoms with Gasteiger partial charge in [-0.2, -0.15) is 0 Å². The molecule has 0 saturated carbocycles. The van der Waals surface area contributed by atoms with E-state index >= 15 is 0 Å². The molecule has 1 aliphatic rings. The molecular formula is C14H16N2O2. The Labute approximate surface area is 106 Å². The molecule has 0 spiro atoms. The molecule has 0 N–H and O–H groups in total. The lowest BCUT2D eigenvalue weighted by Crippen LogP contribution is -2.16. The van der Waals surface area contributed by atoms with Crippen LogP contribution >= 0.6 is 0 Å². The number of benzene rings is 1. The predicted molar refractivity (Wildman–Crippen MR) is 71.3 cm³/mol. The summed E-state index contributed by atoms with van der Waals surface area (Å²) in [4.78, 5) is 8.05. The molecule has 3 rings (SSSR count). The van der Waals surface area contributed by atoms with Crippen molar-refractivity contribution in [2.24, 2.45) is 0 Å². The van der Waals surface area contributed by atoms with Crippen LogP contribution in [0.1, 0.15) is 5.56 Å². The molecule has 2 heterocycles. The molecule has 1 aromatic heterocycles. The van der Waals surface area contributed by atoms with Crippen LogP contribution in [0, 0.1) is 0 Å². The molecule has 0 unspecified atom stereocenters. The van der Waals surface area contributed by atoms with Gasteiger partial charge in [-0.05, 0) is 17.7 Å². The minimum atomic E-state index is 0.778. The first-order valence-corrected chi connectivity index (χ1v) is 5.88. The monoisotopic (exact) mass is 244 g/mol. The maximum Gasteiger partial charge on any atom is 0.116 e. The van der Waals surface area contributed by atoms with Crippen molar-refractivity contribution in [3.8, 4) is 0 Å². The second kappa shape index (κ2) is 6.83. The van der Waals surface area contributed by atoms with Crippen molar-refractivity contribution >= 4 is 17.0 Å². The summed E-state index contributed by atoms with van der Waals surface area (Å²) in [6.45, 7) is 6.81. The molecule has 94 valence electrons. The first-order chi connectivity index (χ1) is 8.90. The number of nitrogens with zero attached hydrogens (tertiary/aromatic N) is 2. The Hall–Kier alpha value is -1.78. The SMILES string of the molecule is C1COCCO1.C=Cc1ccc2ncncc2c1. The van der Waals surface area contributed by atoms with Crippen molar-refractivity contribution in [3.63, 3.8) is 0 Å². The van der Waals surface area contributed by atoms with Gasteiger partial charge in [0.05, 0.1) is 31.9 Å². The van der Waals surface area contributed by atoms with E-state index in [1.807, 2.05) is 24.3 Å². The van der Waals surface area contributed by atoms with E-state index in [0.717, 1.165) is 42.9 Å². The maximum absolute atomic E-state index is 4.94. The minimum Gasteiger partial charge on any atom is -0.377 e. The van der Waals surface area contributed by atoms with Crippen LogP contribution in [0.4, 0.5) is 0 Å². The van der Waals surface area contributed by atoms with E-state index in [4.69, 9.17) is 9.47 Å². The summed E-state index contributed by atoms with van der Waals surface area (Å²) >= 11 is 0. The van der Waals surface area contributed by atoms with Crippen LogP contribution in [0.2, 0.25) is 0 Å². The van der Waals surface area contributed by atoms with E-state index in [1.54, 1.807) is 12.5 Å². The Kier molecular flexibility index (Phi) is 4.81. The Morgan fingerprint density at radius 1 is 1.11 bits per heavy atom. The quantitative estimate of drug-likeness (QED) is 0.772. The van der Waals surface area contributed by atoms with Gasteiger partial charge in [0.15, 0.2) is 0 Å². The molecule has 0 aliphatic carbocycles. The highest BCUT2D eigenvalue weighted by molar-refractivity contribution is 5.79. The smallest absolute Gasteiger partial charge is 0.116 e. The Morgan fingerprint density at radius 2 is 1.83 bits per heavy atom. The summed E-state index contributed by atoms with van der Waals surface area (Å²) in [7, 11) is 0. The van der Waals surface area contributed by atoms with E-state index in [-0.39, 0.29) is 0 Å². The summed E-state index contributed by atoms with van der Waals surface area (Å²) in [6, 6.07) is 5.97. The van der Waals surface area contributed by atoms with Crippen LogP contribution in [0.3, 0.4) is 0 Å². The van der Waals surface area contributed by atoms with E-state index in [2.05, 4.69) is 16.5 Å². The highest BCUT2D eigenvalue weighted by atomic mass is 16.6. The standard InChI is InChI=1S/C10H8N2.C4H8O2/c1-2-8-3-4-10-9(5-8)6-11-7-12-10;1-2-6-4-3-5-1/h2-7H,1H2;1-4H2. The lowest BCUT2D eigenvalue weighted by atomic mass is 10.1. The van der Waals surface area contributed by atoms with Crippen LogP contribution in [0.25, 0.3) is 17.0 Å². The summed E-state index contributed by atoms with van der Waals surface area (Å²) in [5, 5.41) is 1.05. The highest BCUT2D eigenvalue weighted by Gasteiger charge is 1.94. The lowest BCUT2D eigenvalue weighted by Gasteiger charge is -2.09. The number of aromatic nitrogens is 2. The van der Waals surface area contributed by atoms with E-state index in [9.17, 15) is 0 Å². The maximum atomic E-state index is 4.94. The molecule has 1 aliphatic heterocycles. The van der Waals surface area contributed by atoms with Gasteiger partial charge in [0.2, 0.25) is 0 Å². The van der Waals surface area contributed by atoms with Gasteiger partial charge in [0.1, 0.15) is 6.33 Å². The molecule has 4 heteroatoms. The normalized spacial score (nSPS) is 14.7. The largest absolute Gasteiger partial charge is 0.377 e. The van der Waals surface area contributed by atoms with Crippen molar-refractivity contribution in [1.82, 2.24) is 9.97 Å². The second-order valence-corrected chi connectivity index (χ2v) is 3.77. The van der Waals surface area contributed by atoms with E-state index in [0.29, 0.717) is 0 Å². The molecular weight excluding hydrogens is 228 g/mol. The molecule has 1 aromatic carbocycles. The predicted octanol–water partition coefficient (Wildman–Crippen LogP) is 2.31. The summed E-state index contributed by atoms with van der Waals surface area (Å²) in [5.41, 5.74) is 2.06. The molecule has 1 saturated heterocycles. The third-order valence-electron chi connectivity index (χ3n) is 2.51. The van der Waals surface area contributed by atoms with Crippen LogP contribution < -0.4 is 0 Å². The van der Waals surface area contributed by atoms with Crippen molar-refractivity contribution in [1.29, 1.82) is 0 Å². The fourth-order valence-corrected chi connectivity index (χ4v) is 1.57. The molecule has 4 nitrogen and oxygen atoms in total. The van der Waals surface area contributed by atoms with Gasteiger partial charge < -0.3 is 9.47 Å². The second-order valence-electron chi connectivity index (χ2n) is 3.77. The zero-order valence-corrected chi connectivity index (χ0v) is 10.2. The Bertz CT molecular complexity index is 498. The first-order valence-electron chi connectivity index (χ1n) is 5.88. The van der Waals surface area contributed by atoms with Gasteiger partial charge in [-0.1, -0.05) is 18.7 Å². The van der Waals surface area contributed by atoms with Crippen molar-refractivity contribution < 1.29 is 9.47 Å². The van der Waals surface area contributed by atoms with Gasteiger partial charge in [0.25, 0.3) is 0 Å². The molecule has 0 bridgehead atoms. The van der Waals surface area contributed by atoms with Gasteiger partial charge in [-0.3, -0.25) is 0 Å². The molecule has 0 radical (unpaired) electrons. The van der Waals surface area contributed by atoms with Gasteiger partial charge in [-0.25, -0.2) is 9.97 Å². The Morgan fingerprint density at radius 3 is 2.44 bits per heavy atom. The fraction of sp³-hybridized carbons (Fsp3) is 0.286. The van der Waals surface area contributed by atoms with Crippen LogP contribution in [0.5, 0.6) is 0 Å². The van der Waals surface area contributed by atoms with Crippen LogP contribution in [0.15, 0.2) is 37.3 Å². The Balaban J connectivity index is 0.000000169. The third kappa shape index (κ3) is 3.61. The number of ether oxygens (including phenoxy) is 2. The van der Waals surface area contributed by atoms with Crippen molar-refractivity contribution in [2.45, 2.75) is 0 Å². The average molecular weight is 244 g/mol. The number of rotatable bonds is 1. The molecule has 0 atom stereocenters. The van der Waals surface area contributed by atoms with Gasteiger partial charge >= 0.3 is 0 Å². The molecule has 2 aromatic rings. The highest BCUT2D eigenvalue weighted by Crippen LogP contribution is 2.12. The van der Waals surface area contributed by atoms with Crippen molar-refractivity contribution in [2.75, 3.05) is 26.4 Å². The third-order valence-corrected chi connectivity index (χ3v) is 2.51. The minimum absolute atomic E-state index is 0.778. The fourth-order valence-electron chi connectivity index (χ4n) is 1.57. The van der Waals surface area contributed by atoms with E-state index < -0.39 is 0 Å². The van der Waals surface area contributed by atoms with Crippen LogP contribution in [-0.2, 0) is 9.47 Å². The topological polar surface area (TPSA) is 44.2 Å². The van der Waals surface area contributed by atoms with E-state index in [1.165, 1.54) is 0 Å². The lowest BCUT2D eigenvalue weighted by molar-refractivity contribution is -0.0334. The number of hydrogen-bond acceptors (Lipinski definition) is 4. The molecule has 18 heavy (non-hydrogen) atoms. The summed E-state index contributed by atoms with van der Waals surface area (Å²) in [6.07, 6.45) is 5.16. The zero-order chi connectivity index (χ0) is 12.6. The first kappa shape index (κ1) is 12.7. The number of fused-ring (bicyclic) bond motifs is 1. The zero-order valence-electron chi connectivity index (χ0n) is 10.2. The van der Waals surface area contributed by atoms with Crippen molar-refractivity contribution in [3.05, 3.63) is 42.9 Å². The van der Waals surface area contributed by atoms with Gasteiger partial charge in [0, 0.05) is 11.6 Å². The molecule has 1 fully saturated rings. The molecule has 0 amide bonds. The number of hydrogen-bond donors (Lipinski definition) is 0. The van der Waals surface area contributed by atoms with Crippen LogP contribution in [-0.4, -0.2) is 36.4 Å². The summed E-state index contributed by atoms with van der Waals surface area (Å²) < 4.78 is 9.89. The van der Waals surface area contributed by atoms with Gasteiger partial charge in [-0.15, -0.1) is 0 Å².